The van der Waals surface area contributed by atoms with E-state index in [0.29, 0.717) is 39.3 Å². The van der Waals surface area contributed by atoms with Gasteiger partial charge in [-0.1, -0.05) is 66.7 Å². The smallest absolute Gasteiger partial charge is 0.407 e. The van der Waals surface area contributed by atoms with Crippen LogP contribution >= 0.6 is 0 Å². The quantitative estimate of drug-likeness (QED) is 0.347. The molecule has 0 saturated carbocycles. The van der Waals surface area contributed by atoms with Crippen LogP contribution in [0.4, 0.5) is 4.79 Å². The van der Waals surface area contributed by atoms with Crippen molar-refractivity contribution in [1.29, 1.82) is 0 Å². The lowest BCUT2D eigenvalue weighted by Crippen LogP contribution is -2.46. The number of ether oxygens (including phenoxy) is 3. The predicted octanol–water partition coefficient (Wildman–Crippen LogP) is 6.13. The second-order valence-electron chi connectivity index (χ2n) is 9.27. The highest BCUT2D eigenvalue weighted by Crippen LogP contribution is 2.34. The van der Waals surface area contributed by atoms with E-state index in [1.54, 1.807) is 7.11 Å². The average Bonchev–Trinajstić information content (AvgIpc) is 2.91. The third kappa shape index (κ3) is 6.65. The zero-order chi connectivity index (χ0) is 25.3. The van der Waals surface area contributed by atoms with Crippen molar-refractivity contribution in [3.8, 4) is 16.9 Å². The van der Waals surface area contributed by atoms with Crippen LogP contribution < -0.4 is 4.74 Å². The molecule has 1 aliphatic heterocycles. The fourth-order valence-electron chi connectivity index (χ4n) is 4.72. The summed E-state index contributed by atoms with van der Waals surface area (Å²) in [6.45, 7) is 4.43. The highest BCUT2D eigenvalue weighted by atomic mass is 16.5. The molecule has 6 heteroatoms. The Morgan fingerprint density at radius 3 is 2.58 bits per heavy atom. The van der Waals surface area contributed by atoms with Gasteiger partial charge in [0.2, 0.25) is 0 Å². The molecule has 4 rings (SSSR count). The first-order chi connectivity index (χ1) is 17.5. The molecule has 0 aromatic heterocycles. The minimum atomic E-state index is -0.905. The lowest BCUT2D eigenvalue weighted by Gasteiger charge is -2.37. The molecular weight excluding hydrogens is 454 g/mol. The molecule has 1 aliphatic rings. The summed E-state index contributed by atoms with van der Waals surface area (Å²) in [6, 6.07) is 24.9. The molecule has 0 aliphatic carbocycles. The van der Waals surface area contributed by atoms with Crippen LogP contribution in [0, 0.1) is 6.92 Å². The van der Waals surface area contributed by atoms with Crippen molar-refractivity contribution >= 4 is 6.09 Å². The van der Waals surface area contributed by atoms with Gasteiger partial charge in [-0.2, -0.15) is 0 Å². The maximum Gasteiger partial charge on any atom is 0.407 e. The predicted molar refractivity (Wildman–Crippen MR) is 141 cm³/mol. The molecule has 2 atom stereocenters. The Kier molecular flexibility index (Phi) is 8.98. The molecule has 1 fully saturated rings. The lowest BCUT2D eigenvalue weighted by atomic mass is 9.85. The van der Waals surface area contributed by atoms with Crippen molar-refractivity contribution in [1.82, 2.24) is 4.90 Å². The number of carbonyl (C=O) groups is 1. The minimum absolute atomic E-state index is 0.0979. The number of likely N-dealkylation sites (tertiary alicyclic amines) is 1. The Hall–Kier alpha value is -3.35. The van der Waals surface area contributed by atoms with Crippen molar-refractivity contribution < 1.29 is 24.1 Å². The van der Waals surface area contributed by atoms with Gasteiger partial charge in [-0.05, 0) is 41.7 Å². The Morgan fingerprint density at radius 2 is 1.81 bits per heavy atom. The number of methoxy groups -OCH3 is 1. The largest absolute Gasteiger partial charge is 0.493 e. The van der Waals surface area contributed by atoms with Crippen LogP contribution in [0.5, 0.6) is 5.75 Å². The van der Waals surface area contributed by atoms with Crippen LogP contribution in [0.15, 0.2) is 72.8 Å². The molecule has 0 spiro atoms. The zero-order valence-electron chi connectivity index (χ0n) is 21.1. The molecule has 0 bridgehead atoms. The van der Waals surface area contributed by atoms with E-state index in [2.05, 4.69) is 36.4 Å². The third-order valence-electron chi connectivity index (χ3n) is 6.68. The minimum Gasteiger partial charge on any atom is -0.493 e. The van der Waals surface area contributed by atoms with Gasteiger partial charge in [0.15, 0.2) is 0 Å². The van der Waals surface area contributed by atoms with Gasteiger partial charge >= 0.3 is 6.09 Å². The molecule has 0 radical (unpaired) electrons. The van der Waals surface area contributed by atoms with E-state index in [-0.39, 0.29) is 12.0 Å². The van der Waals surface area contributed by atoms with Gasteiger partial charge in [-0.25, -0.2) is 4.79 Å². The summed E-state index contributed by atoms with van der Waals surface area (Å²) in [5.41, 5.74) is 5.56. The molecule has 190 valence electrons. The number of rotatable bonds is 10. The van der Waals surface area contributed by atoms with Crippen LogP contribution in [0.3, 0.4) is 0 Å². The van der Waals surface area contributed by atoms with Crippen LogP contribution in [-0.4, -0.2) is 55.6 Å². The Morgan fingerprint density at radius 1 is 1.00 bits per heavy atom. The maximum atomic E-state index is 11.8. The summed E-state index contributed by atoms with van der Waals surface area (Å²) in [7, 11) is 1.68. The zero-order valence-corrected chi connectivity index (χ0v) is 21.1. The van der Waals surface area contributed by atoms with Crippen molar-refractivity contribution in [2.24, 2.45) is 0 Å². The summed E-state index contributed by atoms with van der Waals surface area (Å²) in [4.78, 5) is 13.2. The molecule has 1 saturated heterocycles. The third-order valence-corrected chi connectivity index (χ3v) is 6.68. The number of hydrogen-bond donors (Lipinski definition) is 1. The number of nitrogens with zero attached hydrogens (tertiary/aromatic N) is 1. The second kappa shape index (κ2) is 12.6. The van der Waals surface area contributed by atoms with E-state index in [1.807, 2.05) is 43.3 Å². The number of amides is 1. The molecule has 1 heterocycles. The summed E-state index contributed by atoms with van der Waals surface area (Å²) >= 11 is 0. The maximum absolute atomic E-state index is 11.8. The molecule has 6 nitrogen and oxygen atoms in total. The Labute approximate surface area is 213 Å². The number of hydrogen-bond acceptors (Lipinski definition) is 4. The summed E-state index contributed by atoms with van der Waals surface area (Å²) in [5.74, 6) is 0.903. The fraction of sp³-hybridized carbons (Fsp3) is 0.367. The van der Waals surface area contributed by atoms with Gasteiger partial charge in [0, 0.05) is 38.2 Å². The van der Waals surface area contributed by atoms with E-state index < -0.39 is 6.09 Å². The fourth-order valence-corrected chi connectivity index (χ4v) is 4.72. The molecule has 3 aromatic rings. The van der Waals surface area contributed by atoms with E-state index in [9.17, 15) is 9.90 Å². The number of aryl methyl sites for hydroxylation is 1. The molecule has 3 aromatic carbocycles. The highest BCUT2D eigenvalue weighted by molar-refractivity contribution is 5.66. The first kappa shape index (κ1) is 25.7. The van der Waals surface area contributed by atoms with Crippen LogP contribution in [-0.2, 0) is 16.1 Å². The molecule has 36 heavy (non-hydrogen) atoms. The standard InChI is InChI=1S/C30H35NO5/c1-22-12-13-26(28(18-22)35-17-7-16-34-2)21-36-29-20-31(30(32)33)15-14-27(29)25-11-6-10-24(19-25)23-8-4-3-5-9-23/h3-6,8-13,18-19,27,29H,7,14-17,20-21H2,1-2H3,(H,32,33)/t27-,29?/m1/s1. The van der Waals surface area contributed by atoms with Gasteiger partial charge in [-0.3, -0.25) is 0 Å². The average molecular weight is 490 g/mol. The summed E-state index contributed by atoms with van der Waals surface area (Å²) in [6.07, 6.45) is 0.352. The van der Waals surface area contributed by atoms with E-state index >= 15 is 0 Å². The summed E-state index contributed by atoms with van der Waals surface area (Å²) < 4.78 is 17.6. The van der Waals surface area contributed by atoms with E-state index in [1.165, 1.54) is 10.5 Å². The molecule has 1 N–H and O–H groups in total. The van der Waals surface area contributed by atoms with Gasteiger partial charge in [0.1, 0.15) is 5.75 Å². The second-order valence-corrected chi connectivity index (χ2v) is 9.27. The first-order valence-electron chi connectivity index (χ1n) is 12.5. The van der Waals surface area contributed by atoms with Gasteiger partial charge in [0.25, 0.3) is 0 Å². The Balaban J connectivity index is 1.53. The summed E-state index contributed by atoms with van der Waals surface area (Å²) in [5, 5.41) is 9.65. The van der Waals surface area contributed by atoms with E-state index in [0.717, 1.165) is 34.4 Å². The molecular formula is C30H35NO5. The monoisotopic (exact) mass is 489 g/mol. The SMILES string of the molecule is COCCCOc1cc(C)ccc1COC1CN(C(=O)O)CC[C@@H]1c1cccc(-c2ccccc2)c1. The normalized spacial score (nSPS) is 17.7. The van der Waals surface area contributed by atoms with E-state index in [4.69, 9.17) is 14.2 Å². The first-order valence-corrected chi connectivity index (χ1v) is 12.5. The Bertz CT molecular complexity index is 1130. The van der Waals surface area contributed by atoms with Gasteiger partial charge in [0.05, 0.1) is 25.9 Å². The van der Waals surface area contributed by atoms with Crippen LogP contribution in [0.1, 0.15) is 35.4 Å². The van der Waals surface area contributed by atoms with Gasteiger partial charge in [-0.15, -0.1) is 0 Å². The topological polar surface area (TPSA) is 68.2 Å². The van der Waals surface area contributed by atoms with Gasteiger partial charge < -0.3 is 24.2 Å². The molecule has 1 amide bonds. The number of piperidine rings is 1. The molecule has 1 unspecified atom stereocenters. The van der Waals surface area contributed by atoms with Crippen molar-refractivity contribution in [2.75, 3.05) is 33.4 Å². The number of benzene rings is 3. The van der Waals surface area contributed by atoms with Crippen molar-refractivity contribution in [3.63, 3.8) is 0 Å². The van der Waals surface area contributed by atoms with Crippen LogP contribution in [0.2, 0.25) is 0 Å². The van der Waals surface area contributed by atoms with Crippen LogP contribution in [0.25, 0.3) is 11.1 Å². The number of carboxylic acid groups (broad SMARTS) is 1. The van der Waals surface area contributed by atoms with Crippen molar-refractivity contribution in [2.45, 2.75) is 38.4 Å². The highest BCUT2D eigenvalue weighted by Gasteiger charge is 2.33. The lowest BCUT2D eigenvalue weighted by molar-refractivity contribution is -0.0206. The van der Waals surface area contributed by atoms with Crippen molar-refractivity contribution in [3.05, 3.63) is 89.5 Å².